The van der Waals surface area contributed by atoms with Crippen molar-refractivity contribution in [3.8, 4) is 11.4 Å². The number of nitrogens with zero attached hydrogens (tertiary/aromatic N) is 7. The van der Waals surface area contributed by atoms with Crippen molar-refractivity contribution in [2.75, 3.05) is 7.05 Å². The Morgan fingerprint density at radius 1 is 1.13 bits per heavy atom. The summed E-state index contributed by atoms with van der Waals surface area (Å²) in [5, 5.41) is 4.71. The van der Waals surface area contributed by atoms with Crippen LogP contribution < -0.4 is 0 Å². The van der Waals surface area contributed by atoms with E-state index in [9.17, 15) is 8.78 Å². The van der Waals surface area contributed by atoms with Crippen molar-refractivity contribution < 1.29 is 8.78 Å². The normalized spacial score (nSPS) is 11.8. The van der Waals surface area contributed by atoms with Crippen LogP contribution in [0.4, 0.5) is 8.78 Å². The molecule has 0 N–H and O–H groups in total. The van der Waals surface area contributed by atoms with Gasteiger partial charge in [-0.15, -0.1) is 0 Å². The Hall–Kier alpha value is -2.98. The number of hydrogen-bond donors (Lipinski definition) is 0. The number of rotatable bonds is 8. The average molecular weight is 444 g/mol. The van der Waals surface area contributed by atoms with Crippen LogP contribution in [0.3, 0.4) is 0 Å². The van der Waals surface area contributed by atoms with Gasteiger partial charge in [0.05, 0.1) is 24.2 Å². The lowest BCUT2D eigenvalue weighted by atomic mass is 10.2. The number of halogens is 2. The maximum Gasteiger partial charge on any atom is 0.320 e. The largest absolute Gasteiger partial charge is 0.320 e. The van der Waals surface area contributed by atoms with Gasteiger partial charge in [-0.25, -0.2) is 9.67 Å². The van der Waals surface area contributed by atoms with Gasteiger partial charge in [-0.05, 0) is 50.0 Å². The van der Waals surface area contributed by atoms with Crippen molar-refractivity contribution in [1.29, 1.82) is 0 Å². The Morgan fingerprint density at radius 2 is 1.87 bits per heavy atom. The smallest absolute Gasteiger partial charge is 0.300 e. The quantitative estimate of drug-likeness (QED) is 0.369. The number of imidazole rings is 1. The number of aromatic nitrogens is 6. The van der Waals surface area contributed by atoms with Gasteiger partial charge in [-0.1, -0.05) is 19.1 Å². The summed E-state index contributed by atoms with van der Waals surface area (Å²) in [6.07, 6.45) is 4.34. The Morgan fingerprint density at radius 3 is 2.58 bits per heavy atom. The minimum Gasteiger partial charge on any atom is -0.300 e. The third kappa shape index (κ3) is 4.26. The standard InChI is InChI=1S/C21H23F2N7S/c1-3-12-28-19(15-8-10-24-11-9-15)26-29(21(28)31)14-27(2)13-18-25-16-6-4-5-7-17(16)30(18)20(22)23/h4-11,20H,3,12-14H2,1-2H3. The van der Waals surface area contributed by atoms with Crippen molar-refractivity contribution in [3.63, 3.8) is 0 Å². The molecule has 0 aliphatic heterocycles. The summed E-state index contributed by atoms with van der Waals surface area (Å²) in [4.78, 5) is 10.3. The lowest BCUT2D eigenvalue weighted by molar-refractivity contribution is 0.0681. The first kappa shape index (κ1) is 21.3. The lowest BCUT2D eigenvalue weighted by Crippen LogP contribution is -2.24. The molecule has 0 unspecified atom stereocenters. The lowest BCUT2D eigenvalue weighted by Gasteiger charge is -2.17. The fraction of sp³-hybridized carbons (Fsp3) is 0.333. The van der Waals surface area contributed by atoms with Crippen molar-refractivity contribution in [2.45, 2.75) is 39.7 Å². The van der Waals surface area contributed by atoms with Crippen LogP contribution in [0.1, 0.15) is 25.7 Å². The van der Waals surface area contributed by atoms with Crippen LogP contribution in [-0.2, 0) is 19.8 Å². The molecule has 0 saturated carbocycles. The van der Waals surface area contributed by atoms with Gasteiger partial charge in [0, 0.05) is 24.5 Å². The molecule has 10 heteroatoms. The van der Waals surface area contributed by atoms with Gasteiger partial charge in [0.2, 0.25) is 0 Å². The molecule has 0 atom stereocenters. The fourth-order valence-electron chi connectivity index (χ4n) is 3.62. The van der Waals surface area contributed by atoms with Crippen LogP contribution in [0, 0.1) is 4.77 Å². The van der Waals surface area contributed by atoms with E-state index in [1.54, 1.807) is 41.3 Å². The van der Waals surface area contributed by atoms with Crippen LogP contribution in [0.25, 0.3) is 22.4 Å². The molecule has 0 fully saturated rings. The predicted molar refractivity (Wildman–Crippen MR) is 117 cm³/mol. The summed E-state index contributed by atoms with van der Waals surface area (Å²) in [5.41, 5.74) is 1.90. The van der Waals surface area contributed by atoms with Gasteiger partial charge in [-0.3, -0.25) is 19.0 Å². The maximum absolute atomic E-state index is 13.7. The minimum absolute atomic E-state index is 0.228. The van der Waals surface area contributed by atoms with Crippen LogP contribution in [0.5, 0.6) is 0 Å². The SMILES string of the molecule is CCCn1c(-c2ccncc2)nn(CN(C)Cc2nc3ccccc3n2C(F)F)c1=S. The third-order valence-corrected chi connectivity index (χ3v) is 5.39. The number of pyridine rings is 1. The van der Waals surface area contributed by atoms with E-state index in [1.807, 2.05) is 28.6 Å². The number of para-hydroxylation sites is 2. The van der Waals surface area contributed by atoms with Gasteiger partial charge in [0.1, 0.15) is 5.82 Å². The monoisotopic (exact) mass is 443 g/mol. The van der Waals surface area contributed by atoms with Gasteiger partial charge >= 0.3 is 6.55 Å². The molecule has 0 radical (unpaired) electrons. The second-order valence-electron chi connectivity index (χ2n) is 7.31. The summed E-state index contributed by atoms with van der Waals surface area (Å²) < 4.78 is 32.7. The zero-order valence-corrected chi connectivity index (χ0v) is 18.1. The highest BCUT2D eigenvalue weighted by atomic mass is 32.1. The number of fused-ring (bicyclic) bond motifs is 1. The number of alkyl halides is 2. The van der Waals surface area contributed by atoms with E-state index in [4.69, 9.17) is 17.3 Å². The Labute approximate surface area is 183 Å². The molecule has 162 valence electrons. The van der Waals surface area contributed by atoms with Gasteiger partial charge in [0.25, 0.3) is 0 Å². The van der Waals surface area contributed by atoms with Gasteiger partial charge < -0.3 is 0 Å². The molecule has 4 rings (SSSR count). The van der Waals surface area contributed by atoms with Crippen LogP contribution in [0.15, 0.2) is 48.8 Å². The second-order valence-corrected chi connectivity index (χ2v) is 7.68. The second kappa shape index (κ2) is 9.03. The Kier molecular flexibility index (Phi) is 6.19. The van der Waals surface area contributed by atoms with Crippen LogP contribution in [-0.4, -0.2) is 40.8 Å². The highest BCUT2D eigenvalue weighted by molar-refractivity contribution is 7.71. The van der Waals surface area contributed by atoms with E-state index < -0.39 is 6.55 Å². The molecule has 3 heterocycles. The maximum atomic E-state index is 13.7. The highest BCUT2D eigenvalue weighted by Gasteiger charge is 2.19. The fourth-order valence-corrected chi connectivity index (χ4v) is 3.89. The molecule has 31 heavy (non-hydrogen) atoms. The van der Waals surface area contributed by atoms with Crippen molar-refractivity contribution in [2.24, 2.45) is 0 Å². The molecule has 4 aromatic rings. The molecule has 0 aliphatic carbocycles. The van der Waals surface area contributed by atoms with Gasteiger partial charge in [0.15, 0.2) is 10.6 Å². The van der Waals surface area contributed by atoms with E-state index in [1.165, 1.54) is 0 Å². The van der Waals surface area contributed by atoms with Crippen molar-refractivity contribution in [1.82, 2.24) is 33.8 Å². The van der Waals surface area contributed by atoms with E-state index in [0.29, 0.717) is 28.3 Å². The van der Waals surface area contributed by atoms with Crippen LogP contribution in [0.2, 0.25) is 0 Å². The number of hydrogen-bond acceptors (Lipinski definition) is 5. The van der Waals surface area contributed by atoms with Gasteiger partial charge in [-0.2, -0.15) is 13.9 Å². The molecule has 0 saturated heterocycles. The Balaban J connectivity index is 1.62. The van der Waals surface area contributed by atoms with E-state index in [-0.39, 0.29) is 6.54 Å². The summed E-state index contributed by atoms with van der Waals surface area (Å²) in [6.45, 7) is 0.726. The summed E-state index contributed by atoms with van der Waals surface area (Å²) in [6, 6.07) is 10.7. The topological polar surface area (TPSA) is 56.7 Å². The molecular formula is C21H23F2N7S. The summed E-state index contributed by atoms with van der Waals surface area (Å²) in [7, 11) is 1.84. The zero-order valence-electron chi connectivity index (χ0n) is 17.3. The molecule has 0 aliphatic rings. The molecular weight excluding hydrogens is 420 g/mol. The zero-order chi connectivity index (χ0) is 22.0. The van der Waals surface area contributed by atoms with Crippen molar-refractivity contribution in [3.05, 3.63) is 59.4 Å². The third-order valence-electron chi connectivity index (χ3n) is 4.96. The first-order valence-electron chi connectivity index (χ1n) is 10.00. The molecule has 0 amide bonds. The van der Waals surface area contributed by atoms with E-state index in [2.05, 4.69) is 16.9 Å². The summed E-state index contributed by atoms with van der Waals surface area (Å²) in [5.74, 6) is 1.06. The van der Waals surface area contributed by atoms with Crippen LogP contribution >= 0.6 is 12.2 Å². The molecule has 3 aromatic heterocycles. The number of benzene rings is 1. The molecule has 0 spiro atoms. The average Bonchev–Trinajstić information content (AvgIpc) is 3.27. The van der Waals surface area contributed by atoms with Crippen molar-refractivity contribution >= 4 is 23.3 Å². The van der Waals surface area contributed by atoms with E-state index >= 15 is 0 Å². The Bertz CT molecular complexity index is 1230. The molecule has 0 bridgehead atoms. The predicted octanol–water partition coefficient (Wildman–Crippen LogP) is 4.72. The molecule has 1 aromatic carbocycles. The minimum atomic E-state index is -2.67. The molecule has 7 nitrogen and oxygen atoms in total. The van der Waals surface area contributed by atoms with E-state index in [0.717, 1.165) is 28.9 Å². The first-order chi connectivity index (χ1) is 15.0. The summed E-state index contributed by atoms with van der Waals surface area (Å²) >= 11 is 5.66. The first-order valence-corrected chi connectivity index (χ1v) is 10.4. The highest BCUT2D eigenvalue weighted by Crippen LogP contribution is 2.24.